The molecule has 0 bridgehead atoms. The topological polar surface area (TPSA) is 84.2 Å². The fourth-order valence-electron chi connectivity index (χ4n) is 2.23. The van der Waals surface area contributed by atoms with Gasteiger partial charge in [0.2, 0.25) is 10.0 Å². The molecule has 2 aromatic heterocycles. The first kappa shape index (κ1) is 16.2. The predicted molar refractivity (Wildman–Crippen MR) is 81.6 cm³/mol. The number of aromatic nitrogens is 2. The Morgan fingerprint density at radius 2 is 2.19 bits per heavy atom. The average Bonchev–Trinajstić information content (AvgIpc) is 2.99. The summed E-state index contributed by atoms with van der Waals surface area (Å²) in [6.45, 7) is 3.63. The lowest BCUT2D eigenvalue weighted by atomic mass is 10.2. The van der Waals surface area contributed by atoms with Crippen molar-refractivity contribution in [1.82, 2.24) is 14.5 Å². The van der Waals surface area contributed by atoms with Gasteiger partial charge in [0.25, 0.3) is 0 Å². The third-order valence-electron chi connectivity index (χ3n) is 3.18. The van der Waals surface area contributed by atoms with Crippen molar-refractivity contribution in [3.05, 3.63) is 33.3 Å². The second kappa shape index (κ2) is 6.27. The molecule has 8 heteroatoms. The zero-order valence-corrected chi connectivity index (χ0v) is 13.9. The molecule has 0 aliphatic heterocycles. The van der Waals surface area contributed by atoms with Gasteiger partial charge in [-0.15, -0.1) is 11.3 Å². The smallest absolute Gasteiger partial charge is 0.242 e. The standard InChI is InChI=1S/C13H19N3O3S2/c1-4-11-10(6-16(3)15-11)5-14-21(18,19)13-9(2)8-20-12(13)7-17/h6,8,14,17H,4-5,7H2,1-3H3. The number of hydrogen-bond acceptors (Lipinski definition) is 5. The summed E-state index contributed by atoms with van der Waals surface area (Å²) in [6, 6.07) is 0. The van der Waals surface area contributed by atoms with E-state index >= 15 is 0 Å². The van der Waals surface area contributed by atoms with Crippen molar-refractivity contribution in [3.8, 4) is 0 Å². The number of hydrogen-bond donors (Lipinski definition) is 2. The minimum atomic E-state index is -3.64. The van der Waals surface area contributed by atoms with Crippen LogP contribution < -0.4 is 4.72 Å². The van der Waals surface area contributed by atoms with Gasteiger partial charge in [-0.05, 0) is 24.3 Å². The highest BCUT2D eigenvalue weighted by Crippen LogP contribution is 2.26. The molecule has 0 aliphatic rings. The van der Waals surface area contributed by atoms with Crippen LogP contribution >= 0.6 is 11.3 Å². The van der Waals surface area contributed by atoms with Gasteiger partial charge in [-0.1, -0.05) is 6.92 Å². The van der Waals surface area contributed by atoms with E-state index in [0.29, 0.717) is 10.4 Å². The summed E-state index contributed by atoms with van der Waals surface area (Å²) in [5, 5.41) is 15.3. The Kier molecular flexibility index (Phi) is 4.82. The Balaban J connectivity index is 2.24. The van der Waals surface area contributed by atoms with Crippen molar-refractivity contribution in [1.29, 1.82) is 0 Å². The Bertz CT molecular complexity index is 732. The molecule has 0 aromatic carbocycles. The largest absolute Gasteiger partial charge is 0.391 e. The lowest BCUT2D eigenvalue weighted by Gasteiger charge is -2.08. The minimum absolute atomic E-state index is 0.192. The second-order valence-corrected chi connectivity index (χ2v) is 7.45. The number of rotatable bonds is 6. The van der Waals surface area contributed by atoms with Crippen molar-refractivity contribution in [2.24, 2.45) is 7.05 Å². The second-order valence-electron chi connectivity index (χ2n) is 4.78. The number of aliphatic hydroxyl groups excluding tert-OH is 1. The fraction of sp³-hybridized carbons (Fsp3) is 0.462. The quantitative estimate of drug-likeness (QED) is 0.837. The Morgan fingerprint density at radius 3 is 2.81 bits per heavy atom. The van der Waals surface area contributed by atoms with E-state index in [1.54, 1.807) is 17.0 Å². The minimum Gasteiger partial charge on any atom is -0.391 e. The molecule has 0 unspecified atom stereocenters. The summed E-state index contributed by atoms with van der Waals surface area (Å²) in [5.41, 5.74) is 2.39. The fourth-order valence-corrected chi connectivity index (χ4v) is 4.90. The van der Waals surface area contributed by atoms with Crippen LogP contribution in [0.5, 0.6) is 0 Å². The van der Waals surface area contributed by atoms with Crippen molar-refractivity contribution in [2.45, 2.75) is 38.3 Å². The number of aliphatic hydroxyl groups is 1. The van der Waals surface area contributed by atoms with Gasteiger partial charge in [0, 0.05) is 25.4 Å². The zero-order valence-electron chi connectivity index (χ0n) is 12.3. The first-order valence-corrected chi connectivity index (χ1v) is 8.94. The Hall–Kier alpha value is -1.22. The monoisotopic (exact) mass is 329 g/mol. The van der Waals surface area contributed by atoms with Crippen LogP contribution in [0, 0.1) is 6.92 Å². The van der Waals surface area contributed by atoms with E-state index in [4.69, 9.17) is 0 Å². The molecule has 0 atom stereocenters. The molecule has 2 heterocycles. The summed E-state index contributed by atoms with van der Waals surface area (Å²) in [4.78, 5) is 0.652. The highest BCUT2D eigenvalue weighted by molar-refractivity contribution is 7.89. The molecule has 0 saturated heterocycles. The predicted octanol–water partition coefficient (Wildman–Crippen LogP) is 1.32. The molecular weight excluding hydrogens is 310 g/mol. The van der Waals surface area contributed by atoms with E-state index in [1.807, 2.05) is 20.2 Å². The molecule has 0 spiro atoms. The number of nitrogens with zero attached hydrogens (tertiary/aromatic N) is 2. The van der Waals surface area contributed by atoms with E-state index in [2.05, 4.69) is 9.82 Å². The SMILES string of the molecule is CCc1nn(C)cc1CNS(=O)(=O)c1c(C)csc1CO. The van der Waals surface area contributed by atoms with Crippen LogP contribution in [0.3, 0.4) is 0 Å². The van der Waals surface area contributed by atoms with Crippen LogP contribution in [-0.4, -0.2) is 23.3 Å². The number of aryl methyl sites for hydroxylation is 3. The molecule has 0 amide bonds. The van der Waals surface area contributed by atoms with Crippen LogP contribution in [0.15, 0.2) is 16.5 Å². The van der Waals surface area contributed by atoms with E-state index in [9.17, 15) is 13.5 Å². The molecule has 116 valence electrons. The van der Waals surface area contributed by atoms with Gasteiger partial charge in [0.15, 0.2) is 0 Å². The van der Waals surface area contributed by atoms with Crippen molar-refractivity contribution in [3.63, 3.8) is 0 Å². The van der Waals surface area contributed by atoms with Crippen LogP contribution in [0.4, 0.5) is 0 Å². The first-order chi connectivity index (χ1) is 9.89. The molecule has 2 N–H and O–H groups in total. The van der Waals surface area contributed by atoms with E-state index in [1.165, 1.54) is 11.3 Å². The Labute approximate surface area is 128 Å². The van der Waals surface area contributed by atoms with Crippen LogP contribution in [0.1, 0.15) is 28.6 Å². The van der Waals surface area contributed by atoms with E-state index < -0.39 is 10.0 Å². The van der Waals surface area contributed by atoms with Crippen molar-refractivity contribution < 1.29 is 13.5 Å². The Morgan fingerprint density at radius 1 is 1.48 bits per heavy atom. The van der Waals surface area contributed by atoms with Crippen LogP contribution in [0.25, 0.3) is 0 Å². The molecule has 0 saturated carbocycles. The molecule has 6 nitrogen and oxygen atoms in total. The van der Waals surface area contributed by atoms with Crippen LogP contribution in [0.2, 0.25) is 0 Å². The maximum Gasteiger partial charge on any atom is 0.242 e. The van der Waals surface area contributed by atoms with Gasteiger partial charge in [-0.3, -0.25) is 4.68 Å². The third kappa shape index (κ3) is 3.34. The van der Waals surface area contributed by atoms with Gasteiger partial charge in [0.05, 0.1) is 17.2 Å². The van der Waals surface area contributed by atoms with Crippen LogP contribution in [-0.2, 0) is 36.6 Å². The molecule has 0 radical (unpaired) electrons. The molecule has 0 fully saturated rings. The first-order valence-electron chi connectivity index (χ1n) is 6.58. The average molecular weight is 329 g/mol. The van der Waals surface area contributed by atoms with Gasteiger partial charge in [0.1, 0.15) is 4.90 Å². The lowest BCUT2D eigenvalue weighted by Crippen LogP contribution is -2.24. The number of nitrogens with one attached hydrogen (secondary N) is 1. The van der Waals surface area contributed by atoms with Crippen molar-refractivity contribution >= 4 is 21.4 Å². The highest BCUT2D eigenvalue weighted by atomic mass is 32.2. The summed E-state index contributed by atoms with van der Waals surface area (Å²) < 4.78 is 29.1. The molecular formula is C13H19N3O3S2. The number of thiophene rings is 1. The summed E-state index contributed by atoms with van der Waals surface area (Å²) >= 11 is 1.25. The van der Waals surface area contributed by atoms with E-state index in [0.717, 1.165) is 17.7 Å². The molecule has 2 aromatic rings. The normalized spacial score (nSPS) is 12.0. The van der Waals surface area contributed by atoms with Crippen molar-refractivity contribution in [2.75, 3.05) is 0 Å². The molecule has 2 rings (SSSR count). The van der Waals surface area contributed by atoms with E-state index in [-0.39, 0.29) is 18.0 Å². The summed E-state index contributed by atoms with van der Waals surface area (Å²) in [7, 11) is -1.83. The lowest BCUT2D eigenvalue weighted by molar-refractivity contribution is 0.282. The maximum absolute atomic E-state index is 12.4. The third-order valence-corrected chi connectivity index (χ3v) is 6.03. The van der Waals surface area contributed by atoms with Gasteiger partial charge in [-0.2, -0.15) is 5.10 Å². The van der Waals surface area contributed by atoms with Gasteiger partial charge < -0.3 is 5.11 Å². The molecule has 21 heavy (non-hydrogen) atoms. The summed E-state index contributed by atoms with van der Waals surface area (Å²) in [5.74, 6) is 0. The zero-order chi connectivity index (χ0) is 15.6. The summed E-state index contributed by atoms with van der Waals surface area (Å²) in [6.07, 6.45) is 2.56. The maximum atomic E-state index is 12.4. The van der Waals surface area contributed by atoms with Gasteiger partial charge in [-0.25, -0.2) is 13.1 Å². The molecule has 0 aliphatic carbocycles. The highest BCUT2D eigenvalue weighted by Gasteiger charge is 2.23. The van der Waals surface area contributed by atoms with Gasteiger partial charge >= 0.3 is 0 Å². The number of sulfonamides is 1.